The highest BCUT2D eigenvalue weighted by Gasteiger charge is 2.16. The summed E-state index contributed by atoms with van der Waals surface area (Å²) in [5, 5.41) is 2.90. The second-order valence-corrected chi connectivity index (χ2v) is 8.38. The molecule has 1 atom stereocenters. The molecule has 0 radical (unpaired) electrons. The Bertz CT molecular complexity index is 452. The van der Waals surface area contributed by atoms with Gasteiger partial charge in [0, 0.05) is 5.57 Å². The lowest BCUT2D eigenvalue weighted by Gasteiger charge is -2.18. The van der Waals surface area contributed by atoms with Gasteiger partial charge in [-0.15, -0.1) is 0 Å². The van der Waals surface area contributed by atoms with Crippen molar-refractivity contribution in [1.29, 1.82) is 0 Å². The topological polar surface area (TPSA) is 46.2 Å². The first-order valence-electron chi connectivity index (χ1n) is 12.4. The minimum absolute atomic E-state index is 0.181. The first-order valence-corrected chi connectivity index (χ1v) is 12.4. The summed E-state index contributed by atoms with van der Waals surface area (Å²) in [5.41, 5.74) is 0.688. The number of nitrogens with one attached hydrogen (secondary N) is 1. The highest BCUT2D eigenvalue weighted by molar-refractivity contribution is 5.87. The minimum Gasteiger partial charge on any atom is -0.345 e. The predicted molar refractivity (Wildman–Crippen MR) is 126 cm³/mol. The Morgan fingerprint density at radius 3 is 1.62 bits per heavy atom. The Balaban J connectivity index is 3.68. The van der Waals surface area contributed by atoms with Crippen LogP contribution in [-0.4, -0.2) is 17.9 Å². The van der Waals surface area contributed by atoms with Gasteiger partial charge in [0.15, 0.2) is 0 Å². The molecule has 168 valence electrons. The molecule has 1 N–H and O–H groups in total. The number of hydrogen-bond donors (Lipinski definition) is 1. The molecular weight excluding hydrogens is 358 g/mol. The molecule has 0 fully saturated rings. The first-order chi connectivity index (χ1) is 14.2. The Labute approximate surface area is 180 Å². The van der Waals surface area contributed by atoms with Crippen LogP contribution in [0.1, 0.15) is 129 Å². The van der Waals surface area contributed by atoms with Gasteiger partial charge in [0.05, 0.1) is 6.04 Å². The number of hydrogen-bond acceptors (Lipinski definition) is 2. The van der Waals surface area contributed by atoms with Crippen LogP contribution >= 0.6 is 0 Å². The number of rotatable bonds is 21. The standard InChI is InChI=1S/C26H47NO2/c1-4-7-8-9-10-11-12-13-14-15-16-17-18-19-20-22-25(27-26(29)6-3)24(23-28)21-5-2/h6,25H,3-5,7-22H2,1-2H3,(H,27,29). The fraction of sp³-hybridized carbons (Fsp3) is 0.808. The summed E-state index contributed by atoms with van der Waals surface area (Å²) in [7, 11) is 0. The van der Waals surface area contributed by atoms with E-state index in [1.807, 2.05) is 6.92 Å². The average Bonchev–Trinajstić information content (AvgIpc) is 2.73. The molecule has 0 saturated carbocycles. The predicted octanol–water partition coefficient (Wildman–Crippen LogP) is 7.48. The maximum Gasteiger partial charge on any atom is 0.243 e. The van der Waals surface area contributed by atoms with Crippen LogP contribution in [0.4, 0.5) is 0 Å². The highest BCUT2D eigenvalue weighted by atomic mass is 16.1. The van der Waals surface area contributed by atoms with Gasteiger partial charge in [-0.1, -0.05) is 123 Å². The number of unbranched alkanes of at least 4 members (excludes halogenated alkanes) is 14. The largest absolute Gasteiger partial charge is 0.345 e. The summed E-state index contributed by atoms with van der Waals surface area (Å²) in [6.07, 6.45) is 23.7. The molecule has 1 amide bonds. The number of carbonyl (C=O) groups is 1. The van der Waals surface area contributed by atoms with Crippen molar-refractivity contribution in [2.24, 2.45) is 0 Å². The van der Waals surface area contributed by atoms with E-state index in [1.54, 1.807) is 0 Å². The molecule has 0 aromatic heterocycles. The third-order valence-corrected chi connectivity index (χ3v) is 5.67. The molecule has 0 bridgehead atoms. The lowest BCUT2D eigenvalue weighted by molar-refractivity contribution is -0.117. The zero-order valence-corrected chi connectivity index (χ0v) is 19.4. The van der Waals surface area contributed by atoms with Gasteiger partial charge in [0.1, 0.15) is 5.94 Å². The summed E-state index contributed by atoms with van der Waals surface area (Å²) >= 11 is 0. The number of carbonyl (C=O) groups excluding carboxylic acids is 2. The van der Waals surface area contributed by atoms with Crippen molar-refractivity contribution in [2.45, 2.75) is 135 Å². The van der Waals surface area contributed by atoms with Crippen molar-refractivity contribution >= 4 is 11.8 Å². The summed E-state index contributed by atoms with van der Waals surface area (Å²) in [5.74, 6) is 1.84. The second-order valence-electron chi connectivity index (χ2n) is 8.38. The van der Waals surface area contributed by atoms with Crippen molar-refractivity contribution in [3.8, 4) is 0 Å². The second kappa shape index (κ2) is 21.4. The normalized spacial score (nSPS) is 11.7. The lowest BCUT2D eigenvalue weighted by atomic mass is 9.97. The fourth-order valence-corrected chi connectivity index (χ4v) is 3.85. The zero-order chi connectivity index (χ0) is 21.6. The van der Waals surface area contributed by atoms with Gasteiger partial charge >= 0.3 is 0 Å². The van der Waals surface area contributed by atoms with E-state index in [0.29, 0.717) is 12.0 Å². The van der Waals surface area contributed by atoms with Crippen LogP contribution in [0.2, 0.25) is 0 Å². The van der Waals surface area contributed by atoms with Crippen LogP contribution in [0, 0.1) is 0 Å². The van der Waals surface area contributed by atoms with Crippen molar-refractivity contribution in [3.63, 3.8) is 0 Å². The third kappa shape index (κ3) is 17.2. The summed E-state index contributed by atoms with van der Waals surface area (Å²) in [6, 6.07) is -0.181. The molecule has 0 rings (SSSR count). The SMILES string of the molecule is C=CC(=O)NC(CCCCCCCCCCCCCCCCC)C(=C=O)CCC. The van der Waals surface area contributed by atoms with Crippen molar-refractivity contribution in [3.05, 3.63) is 18.2 Å². The molecule has 0 spiro atoms. The van der Waals surface area contributed by atoms with Crippen LogP contribution in [0.15, 0.2) is 18.2 Å². The molecule has 0 aliphatic rings. The van der Waals surface area contributed by atoms with E-state index in [9.17, 15) is 9.59 Å². The molecule has 0 saturated heterocycles. The van der Waals surface area contributed by atoms with Crippen LogP contribution < -0.4 is 5.32 Å². The van der Waals surface area contributed by atoms with Crippen molar-refractivity contribution in [1.82, 2.24) is 5.32 Å². The van der Waals surface area contributed by atoms with Gasteiger partial charge in [-0.2, -0.15) is 0 Å². The minimum atomic E-state index is -0.209. The van der Waals surface area contributed by atoms with Gasteiger partial charge < -0.3 is 5.32 Å². The van der Waals surface area contributed by atoms with Gasteiger partial charge in [-0.3, -0.25) is 4.79 Å². The molecule has 0 aromatic rings. The molecule has 3 nitrogen and oxygen atoms in total. The molecule has 0 aliphatic carbocycles. The van der Waals surface area contributed by atoms with E-state index in [-0.39, 0.29) is 11.9 Å². The molecule has 29 heavy (non-hydrogen) atoms. The van der Waals surface area contributed by atoms with Crippen molar-refractivity contribution in [2.75, 3.05) is 0 Å². The first kappa shape index (κ1) is 27.7. The average molecular weight is 406 g/mol. The van der Waals surface area contributed by atoms with E-state index in [4.69, 9.17) is 0 Å². The Morgan fingerprint density at radius 2 is 1.24 bits per heavy atom. The van der Waals surface area contributed by atoms with Crippen LogP contribution in [0.3, 0.4) is 0 Å². The van der Waals surface area contributed by atoms with E-state index in [2.05, 4.69) is 24.8 Å². The fourth-order valence-electron chi connectivity index (χ4n) is 3.85. The highest BCUT2D eigenvalue weighted by Crippen LogP contribution is 2.17. The molecule has 0 aromatic carbocycles. The Kier molecular flexibility index (Phi) is 20.4. The molecule has 0 aliphatic heterocycles. The van der Waals surface area contributed by atoms with Gasteiger partial charge in [0.2, 0.25) is 5.91 Å². The van der Waals surface area contributed by atoms with Crippen molar-refractivity contribution < 1.29 is 9.59 Å². The third-order valence-electron chi connectivity index (χ3n) is 5.67. The smallest absolute Gasteiger partial charge is 0.243 e. The molecule has 0 heterocycles. The summed E-state index contributed by atoms with van der Waals surface area (Å²) in [4.78, 5) is 22.9. The van der Waals surface area contributed by atoms with E-state index < -0.39 is 0 Å². The monoisotopic (exact) mass is 405 g/mol. The Morgan fingerprint density at radius 1 is 0.793 bits per heavy atom. The van der Waals surface area contributed by atoms with E-state index in [0.717, 1.165) is 25.7 Å². The van der Waals surface area contributed by atoms with Crippen LogP contribution in [0.25, 0.3) is 0 Å². The van der Waals surface area contributed by atoms with Gasteiger partial charge in [0.25, 0.3) is 0 Å². The van der Waals surface area contributed by atoms with Crippen LogP contribution in [-0.2, 0) is 9.59 Å². The zero-order valence-electron chi connectivity index (χ0n) is 19.4. The van der Waals surface area contributed by atoms with E-state index in [1.165, 1.54) is 89.5 Å². The molecular formula is C26H47NO2. The Hall–Kier alpha value is -1.34. The summed E-state index contributed by atoms with van der Waals surface area (Å²) < 4.78 is 0. The maximum absolute atomic E-state index is 11.6. The maximum atomic E-state index is 11.6. The molecule has 1 unspecified atom stereocenters. The van der Waals surface area contributed by atoms with Crippen LogP contribution in [0.5, 0.6) is 0 Å². The molecule has 3 heteroatoms. The number of amides is 1. The van der Waals surface area contributed by atoms with E-state index >= 15 is 0 Å². The lowest BCUT2D eigenvalue weighted by Crippen LogP contribution is -2.35. The summed E-state index contributed by atoms with van der Waals surface area (Å²) in [6.45, 7) is 7.81. The van der Waals surface area contributed by atoms with Gasteiger partial charge in [-0.05, 0) is 18.9 Å². The quantitative estimate of drug-likeness (QED) is 0.122. The van der Waals surface area contributed by atoms with Gasteiger partial charge in [-0.25, -0.2) is 4.79 Å².